The maximum absolute atomic E-state index is 13.3. The summed E-state index contributed by atoms with van der Waals surface area (Å²) >= 11 is 0. The normalized spacial score (nSPS) is 16.6. The number of rotatable bonds is 7. The highest BCUT2D eigenvalue weighted by molar-refractivity contribution is 5.89. The van der Waals surface area contributed by atoms with E-state index < -0.39 is 5.60 Å². The van der Waals surface area contributed by atoms with Crippen LogP contribution in [0.4, 0.5) is 10.5 Å². The molecule has 206 valence electrons. The first-order valence-electron chi connectivity index (χ1n) is 13.5. The zero-order chi connectivity index (χ0) is 27.7. The summed E-state index contributed by atoms with van der Waals surface area (Å²) in [6, 6.07) is 16.4. The number of aliphatic hydroxyl groups is 1. The van der Waals surface area contributed by atoms with Gasteiger partial charge < -0.3 is 20.6 Å². The minimum absolute atomic E-state index is 0.100. The molecule has 1 aliphatic heterocycles. The van der Waals surface area contributed by atoms with Crippen LogP contribution in [0.15, 0.2) is 71.9 Å². The Morgan fingerprint density at radius 2 is 1.82 bits per heavy atom. The van der Waals surface area contributed by atoms with Crippen molar-refractivity contribution in [3.63, 3.8) is 0 Å². The predicted molar refractivity (Wildman–Crippen MR) is 149 cm³/mol. The van der Waals surface area contributed by atoms with E-state index in [2.05, 4.69) is 20.7 Å². The molecule has 11 nitrogen and oxygen atoms in total. The van der Waals surface area contributed by atoms with E-state index in [0.29, 0.717) is 54.9 Å². The highest BCUT2D eigenvalue weighted by Gasteiger charge is 2.39. The van der Waals surface area contributed by atoms with Crippen molar-refractivity contribution in [2.75, 3.05) is 18.4 Å². The van der Waals surface area contributed by atoms with Crippen LogP contribution in [0.5, 0.6) is 0 Å². The highest BCUT2D eigenvalue weighted by atomic mass is 16.3. The van der Waals surface area contributed by atoms with Crippen LogP contribution >= 0.6 is 0 Å². The van der Waals surface area contributed by atoms with E-state index in [9.17, 15) is 19.5 Å². The molecule has 2 aromatic carbocycles. The maximum atomic E-state index is 13.3. The monoisotopic (exact) mass is 541 g/mol. The molecule has 4 aromatic rings. The van der Waals surface area contributed by atoms with Crippen molar-refractivity contribution < 1.29 is 14.7 Å². The zero-order valence-electron chi connectivity index (χ0n) is 22.0. The van der Waals surface area contributed by atoms with Crippen molar-refractivity contribution in [1.82, 2.24) is 29.5 Å². The van der Waals surface area contributed by atoms with Gasteiger partial charge in [-0.2, -0.15) is 5.10 Å². The van der Waals surface area contributed by atoms with Crippen molar-refractivity contribution in [2.45, 2.75) is 44.4 Å². The number of nitrogens with one attached hydrogen (secondary N) is 2. The minimum Gasteiger partial charge on any atom is -0.388 e. The number of nitrogens with zero attached hydrogens (tertiary/aromatic N) is 5. The number of benzene rings is 2. The summed E-state index contributed by atoms with van der Waals surface area (Å²) in [5.41, 5.74) is 1.18. The number of amides is 3. The predicted octanol–water partition coefficient (Wildman–Crippen LogP) is 2.67. The Hall–Kier alpha value is -4.51. The fraction of sp³-hybridized carbons (Fsp3) is 0.345. The van der Waals surface area contributed by atoms with E-state index in [4.69, 9.17) is 0 Å². The molecule has 0 spiro atoms. The van der Waals surface area contributed by atoms with E-state index in [0.717, 1.165) is 18.4 Å². The van der Waals surface area contributed by atoms with Gasteiger partial charge in [0.2, 0.25) is 5.91 Å². The molecule has 2 fully saturated rings. The van der Waals surface area contributed by atoms with Gasteiger partial charge in [-0.1, -0.05) is 36.4 Å². The Labute approximate surface area is 230 Å². The molecule has 40 heavy (non-hydrogen) atoms. The van der Waals surface area contributed by atoms with Gasteiger partial charge in [0.15, 0.2) is 5.65 Å². The number of fused-ring (bicyclic) bond motifs is 1. The topological polar surface area (TPSA) is 134 Å². The molecule has 0 atom stereocenters. The Kier molecular flexibility index (Phi) is 6.81. The molecule has 3 N–H and O–H groups in total. The van der Waals surface area contributed by atoms with Gasteiger partial charge in [-0.25, -0.2) is 14.5 Å². The number of hydrogen-bond acceptors (Lipinski definition) is 6. The molecule has 0 radical (unpaired) electrons. The standard InChI is InChI=1S/C29H31N7O4/c37-26(21-9-10-21)34-13-11-29(40,12-14-34)18-35-19-31-25-24(27(35)38)17-32-36(25)23-8-4-7-22(15-23)33-28(39)30-16-20-5-2-1-3-6-20/h1-8,15,17,19,21,40H,9-14,16,18H2,(H2,30,33,39). The number of likely N-dealkylation sites (tertiary alicyclic amines) is 1. The van der Waals surface area contributed by atoms with Gasteiger partial charge in [-0.3, -0.25) is 14.2 Å². The first-order chi connectivity index (χ1) is 19.4. The SMILES string of the molecule is O=C(NCc1ccccc1)Nc1cccc(-n2ncc3c(=O)n(CC4(O)CCN(C(=O)C5CC5)CC4)cnc32)c1. The second-order valence-electron chi connectivity index (χ2n) is 10.6. The average Bonchev–Trinajstić information content (AvgIpc) is 3.73. The van der Waals surface area contributed by atoms with Crippen molar-refractivity contribution in [3.8, 4) is 5.69 Å². The third-order valence-corrected chi connectivity index (χ3v) is 7.60. The molecule has 2 aliphatic rings. The van der Waals surface area contributed by atoms with Gasteiger partial charge in [0.25, 0.3) is 5.56 Å². The van der Waals surface area contributed by atoms with Crippen LogP contribution in [-0.2, 0) is 17.9 Å². The van der Waals surface area contributed by atoms with Crippen LogP contribution in [0, 0.1) is 5.92 Å². The quantitative estimate of drug-likeness (QED) is 0.329. The molecule has 1 saturated heterocycles. The summed E-state index contributed by atoms with van der Waals surface area (Å²) in [5, 5.41) is 21.5. The van der Waals surface area contributed by atoms with Crippen LogP contribution in [-0.4, -0.2) is 60.0 Å². The summed E-state index contributed by atoms with van der Waals surface area (Å²) in [7, 11) is 0. The first-order valence-corrected chi connectivity index (χ1v) is 13.5. The van der Waals surface area contributed by atoms with E-state index in [1.165, 1.54) is 17.1 Å². The van der Waals surface area contributed by atoms with Gasteiger partial charge in [-0.15, -0.1) is 0 Å². The fourth-order valence-electron chi connectivity index (χ4n) is 5.13. The lowest BCUT2D eigenvalue weighted by molar-refractivity contribution is -0.137. The number of urea groups is 1. The van der Waals surface area contributed by atoms with Gasteiger partial charge in [0, 0.05) is 31.2 Å². The summed E-state index contributed by atoms with van der Waals surface area (Å²) in [6.45, 7) is 1.48. The summed E-state index contributed by atoms with van der Waals surface area (Å²) in [4.78, 5) is 44.4. The Bertz CT molecular complexity index is 1600. The number of anilines is 1. The third kappa shape index (κ3) is 5.46. The molecular weight excluding hydrogens is 510 g/mol. The number of aromatic nitrogens is 4. The lowest BCUT2D eigenvalue weighted by atomic mass is 9.91. The second kappa shape index (κ2) is 10.6. The number of carbonyl (C=O) groups excluding carboxylic acids is 2. The molecule has 1 saturated carbocycles. The van der Waals surface area contributed by atoms with Crippen LogP contribution in [0.2, 0.25) is 0 Å². The lowest BCUT2D eigenvalue weighted by Crippen LogP contribution is -2.50. The van der Waals surface area contributed by atoms with E-state index in [1.54, 1.807) is 22.9 Å². The van der Waals surface area contributed by atoms with E-state index >= 15 is 0 Å². The summed E-state index contributed by atoms with van der Waals surface area (Å²) in [5.74, 6) is 0.340. The van der Waals surface area contributed by atoms with Gasteiger partial charge in [0.05, 0.1) is 24.0 Å². The summed E-state index contributed by atoms with van der Waals surface area (Å²) in [6.07, 6.45) is 5.64. The Morgan fingerprint density at radius 1 is 1.05 bits per heavy atom. The van der Waals surface area contributed by atoms with Crippen molar-refractivity contribution in [1.29, 1.82) is 0 Å². The molecular formula is C29H31N7O4. The van der Waals surface area contributed by atoms with Crippen molar-refractivity contribution >= 4 is 28.7 Å². The van der Waals surface area contributed by atoms with E-state index in [-0.39, 0.29) is 30.0 Å². The molecule has 1 aliphatic carbocycles. The largest absolute Gasteiger partial charge is 0.388 e. The van der Waals surface area contributed by atoms with E-state index in [1.807, 2.05) is 41.3 Å². The van der Waals surface area contributed by atoms with Crippen LogP contribution in [0.3, 0.4) is 0 Å². The average molecular weight is 542 g/mol. The Morgan fingerprint density at radius 3 is 2.58 bits per heavy atom. The maximum Gasteiger partial charge on any atom is 0.319 e. The molecule has 6 rings (SSSR count). The zero-order valence-corrected chi connectivity index (χ0v) is 22.0. The lowest BCUT2D eigenvalue weighted by Gasteiger charge is -2.38. The number of piperidine rings is 1. The molecule has 3 heterocycles. The molecule has 0 bridgehead atoms. The molecule has 11 heteroatoms. The highest BCUT2D eigenvalue weighted by Crippen LogP contribution is 2.33. The van der Waals surface area contributed by atoms with Crippen LogP contribution < -0.4 is 16.2 Å². The molecule has 0 unspecified atom stereocenters. The smallest absolute Gasteiger partial charge is 0.319 e. The summed E-state index contributed by atoms with van der Waals surface area (Å²) < 4.78 is 2.96. The van der Waals surface area contributed by atoms with Crippen molar-refractivity contribution in [3.05, 3.63) is 83.0 Å². The Balaban J connectivity index is 1.14. The van der Waals surface area contributed by atoms with Gasteiger partial charge in [-0.05, 0) is 49.4 Å². The van der Waals surface area contributed by atoms with Crippen LogP contribution in [0.1, 0.15) is 31.2 Å². The number of hydrogen-bond donors (Lipinski definition) is 3. The third-order valence-electron chi connectivity index (χ3n) is 7.60. The second-order valence-corrected chi connectivity index (χ2v) is 10.6. The molecule has 3 amide bonds. The molecule has 2 aromatic heterocycles. The van der Waals surface area contributed by atoms with Crippen LogP contribution in [0.25, 0.3) is 16.7 Å². The van der Waals surface area contributed by atoms with Gasteiger partial charge >= 0.3 is 6.03 Å². The minimum atomic E-state index is -1.09. The first kappa shape index (κ1) is 25.8. The van der Waals surface area contributed by atoms with Gasteiger partial charge in [0.1, 0.15) is 11.7 Å². The number of carbonyl (C=O) groups is 2. The van der Waals surface area contributed by atoms with Crippen molar-refractivity contribution in [2.24, 2.45) is 5.92 Å². The fourth-order valence-corrected chi connectivity index (χ4v) is 5.13.